The fourth-order valence-corrected chi connectivity index (χ4v) is 5.12. The monoisotopic (exact) mass is 522 g/mol. The van der Waals surface area contributed by atoms with E-state index in [1.807, 2.05) is 35.6 Å². The van der Waals surface area contributed by atoms with Crippen molar-refractivity contribution in [3.8, 4) is 5.75 Å². The van der Waals surface area contributed by atoms with Crippen molar-refractivity contribution < 1.29 is 14.6 Å². The molecule has 0 spiro atoms. The molecule has 1 saturated heterocycles. The summed E-state index contributed by atoms with van der Waals surface area (Å²) in [6.07, 6.45) is 1.25. The number of hydrogen-bond donors (Lipinski definition) is 2. The van der Waals surface area contributed by atoms with Crippen LogP contribution in [0, 0.1) is 0 Å². The first kappa shape index (κ1) is 26.5. The summed E-state index contributed by atoms with van der Waals surface area (Å²) in [6, 6.07) is 18.1. The summed E-state index contributed by atoms with van der Waals surface area (Å²) in [5.41, 5.74) is 2.11. The number of thiophene rings is 1. The predicted molar refractivity (Wildman–Crippen MR) is 151 cm³/mol. The Morgan fingerprint density at radius 1 is 1.05 bits per heavy atom. The molecule has 5 rings (SSSR count). The normalized spacial score (nSPS) is 13.8. The number of carbonyl (C=O) groups is 1. The molecule has 0 saturated carbocycles. The first-order chi connectivity index (χ1) is 17.9. The van der Waals surface area contributed by atoms with E-state index in [1.165, 1.54) is 29.9 Å². The van der Waals surface area contributed by atoms with Crippen LogP contribution in [0.1, 0.15) is 12.8 Å². The summed E-state index contributed by atoms with van der Waals surface area (Å²) >= 11 is 1.82. The Bertz CT molecular complexity index is 1380. The second-order valence-electron chi connectivity index (χ2n) is 9.24. The molecule has 0 radical (unpaired) electrons. The minimum atomic E-state index is -0.907. The van der Waals surface area contributed by atoms with Crippen molar-refractivity contribution in [2.45, 2.75) is 12.8 Å². The summed E-state index contributed by atoms with van der Waals surface area (Å²) in [7, 11) is 2.95. The average molecular weight is 523 g/mol. The van der Waals surface area contributed by atoms with E-state index in [2.05, 4.69) is 44.4 Å². The first-order valence-corrected chi connectivity index (χ1v) is 13.4. The molecule has 8 nitrogen and oxygen atoms in total. The van der Waals surface area contributed by atoms with Crippen molar-refractivity contribution in [1.82, 2.24) is 14.8 Å². The molecule has 1 amide bonds. The summed E-state index contributed by atoms with van der Waals surface area (Å²) < 4.78 is 7.28. The highest BCUT2D eigenvalue weighted by Crippen LogP contribution is 2.31. The second-order valence-corrected chi connectivity index (χ2v) is 10.2. The van der Waals surface area contributed by atoms with E-state index in [4.69, 9.17) is 9.84 Å². The zero-order valence-electron chi connectivity index (χ0n) is 21.4. The van der Waals surface area contributed by atoms with E-state index in [9.17, 15) is 9.59 Å². The van der Waals surface area contributed by atoms with Crippen LogP contribution in [-0.2, 0) is 0 Å². The molecule has 3 heterocycles. The fraction of sp³-hybridized carbons (Fsp3) is 0.357. The summed E-state index contributed by atoms with van der Waals surface area (Å²) in [5.74, 6) is 0.811. The number of unbranched alkanes of at least 4 members (excludes halogenated alkanes) is 1. The number of amides is 1. The van der Waals surface area contributed by atoms with Gasteiger partial charge in [-0.2, -0.15) is 0 Å². The number of pyridine rings is 1. The number of benzene rings is 2. The summed E-state index contributed by atoms with van der Waals surface area (Å²) in [4.78, 5) is 30.1. The smallest absolute Gasteiger partial charge is 0.406 e. The number of aromatic amines is 1. The minimum Gasteiger partial charge on any atom is -0.494 e. The maximum absolute atomic E-state index is 11.5. The number of rotatable bonds is 7. The van der Waals surface area contributed by atoms with Crippen LogP contribution in [0.5, 0.6) is 5.75 Å². The van der Waals surface area contributed by atoms with Crippen LogP contribution in [0.15, 0.2) is 64.8 Å². The topological polar surface area (TPSA) is 89.1 Å². The Kier molecular flexibility index (Phi) is 9.03. The van der Waals surface area contributed by atoms with Crippen LogP contribution < -0.4 is 15.2 Å². The molecule has 4 aromatic rings. The quantitative estimate of drug-likeness (QED) is 0.334. The van der Waals surface area contributed by atoms with Gasteiger partial charge in [0.25, 0.3) is 0 Å². The summed E-state index contributed by atoms with van der Waals surface area (Å²) in [6.45, 7) is 6.20. The fourth-order valence-electron chi connectivity index (χ4n) is 4.31. The number of fused-ring (bicyclic) bond motifs is 2. The molecular weight excluding hydrogens is 488 g/mol. The third kappa shape index (κ3) is 7.24. The molecule has 0 atom stereocenters. The lowest BCUT2D eigenvalue weighted by molar-refractivity contribution is 0.165. The van der Waals surface area contributed by atoms with E-state index in [-0.39, 0.29) is 5.56 Å². The molecule has 1 fully saturated rings. The van der Waals surface area contributed by atoms with Gasteiger partial charge in [-0.1, -0.05) is 6.07 Å². The second kappa shape index (κ2) is 12.6. The van der Waals surface area contributed by atoms with Crippen LogP contribution in [0.4, 0.5) is 10.5 Å². The molecule has 196 valence electrons. The lowest BCUT2D eigenvalue weighted by Gasteiger charge is -2.36. The van der Waals surface area contributed by atoms with Crippen LogP contribution in [0.25, 0.3) is 21.0 Å². The van der Waals surface area contributed by atoms with Crippen LogP contribution >= 0.6 is 11.3 Å². The van der Waals surface area contributed by atoms with Crippen molar-refractivity contribution in [3.05, 3.63) is 70.3 Å². The van der Waals surface area contributed by atoms with Gasteiger partial charge in [-0.15, -0.1) is 11.3 Å². The maximum Gasteiger partial charge on any atom is 0.406 e. The number of ether oxygens (including phenoxy) is 1. The Morgan fingerprint density at radius 2 is 1.81 bits per heavy atom. The molecule has 1 aliphatic rings. The Hall–Kier alpha value is -3.56. The van der Waals surface area contributed by atoms with Crippen molar-refractivity contribution >= 4 is 44.1 Å². The van der Waals surface area contributed by atoms with Crippen LogP contribution in [0.2, 0.25) is 0 Å². The van der Waals surface area contributed by atoms with E-state index in [1.54, 1.807) is 6.07 Å². The van der Waals surface area contributed by atoms with Gasteiger partial charge in [-0.3, -0.25) is 9.69 Å². The number of carboxylic acid groups (broad SMARTS) is 1. The Balaban J connectivity index is 0.000000480. The highest BCUT2D eigenvalue weighted by atomic mass is 32.1. The van der Waals surface area contributed by atoms with Gasteiger partial charge in [0, 0.05) is 68.2 Å². The third-order valence-electron chi connectivity index (χ3n) is 6.40. The molecule has 37 heavy (non-hydrogen) atoms. The number of nitrogens with zero attached hydrogens (tertiary/aromatic N) is 3. The lowest BCUT2D eigenvalue weighted by atomic mass is 10.2. The van der Waals surface area contributed by atoms with E-state index >= 15 is 0 Å². The molecule has 0 aliphatic carbocycles. The molecular formula is C28H34N4O4S. The van der Waals surface area contributed by atoms with Crippen LogP contribution in [-0.4, -0.2) is 79.4 Å². The first-order valence-electron chi connectivity index (χ1n) is 12.5. The van der Waals surface area contributed by atoms with Crippen molar-refractivity contribution in [2.24, 2.45) is 0 Å². The SMILES string of the molecule is CN(C)C(=O)O.O=c1ccc2ccc(OCCCCN3CCN(c4cccc5sccc45)CC3)cc2[nH]1. The lowest BCUT2D eigenvalue weighted by Crippen LogP contribution is -2.46. The minimum absolute atomic E-state index is 0.0863. The van der Waals surface area contributed by atoms with Gasteiger partial charge < -0.3 is 24.6 Å². The van der Waals surface area contributed by atoms with E-state index < -0.39 is 6.09 Å². The van der Waals surface area contributed by atoms with E-state index in [0.29, 0.717) is 6.61 Å². The highest BCUT2D eigenvalue weighted by Gasteiger charge is 2.18. The predicted octanol–water partition coefficient (Wildman–Crippen LogP) is 4.95. The van der Waals surface area contributed by atoms with Crippen molar-refractivity contribution in [1.29, 1.82) is 0 Å². The third-order valence-corrected chi connectivity index (χ3v) is 7.28. The molecule has 2 aromatic carbocycles. The van der Waals surface area contributed by atoms with E-state index in [0.717, 1.165) is 67.1 Å². The molecule has 1 aliphatic heterocycles. The van der Waals surface area contributed by atoms with Crippen molar-refractivity contribution in [3.63, 3.8) is 0 Å². The molecule has 2 N–H and O–H groups in total. The van der Waals surface area contributed by atoms with Gasteiger partial charge in [-0.25, -0.2) is 4.79 Å². The maximum atomic E-state index is 11.5. The average Bonchev–Trinajstić information content (AvgIpc) is 3.38. The summed E-state index contributed by atoms with van der Waals surface area (Å²) in [5, 5.41) is 12.5. The van der Waals surface area contributed by atoms with Crippen LogP contribution in [0.3, 0.4) is 0 Å². The zero-order valence-corrected chi connectivity index (χ0v) is 22.2. The number of nitrogens with one attached hydrogen (secondary N) is 1. The number of H-pyrrole nitrogens is 1. The standard InChI is InChI=1S/C25H27N3O2S.C3H7NO2/c29-25-9-7-19-6-8-20(18-22(19)26-25)30-16-2-1-11-27-12-14-28(15-13-27)23-4-3-5-24-21(23)10-17-31-24;1-4(2)3(5)6/h3-10,17-18H,1-2,11-16H2,(H,26,29);1-2H3,(H,5,6). The van der Waals surface area contributed by atoms with Crippen molar-refractivity contribution in [2.75, 3.05) is 58.3 Å². The van der Waals surface area contributed by atoms with Gasteiger partial charge in [0.2, 0.25) is 5.56 Å². The molecule has 0 unspecified atom stereocenters. The zero-order chi connectivity index (χ0) is 26.2. The number of hydrogen-bond acceptors (Lipinski definition) is 6. The highest BCUT2D eigenvalue weighted by molar-refractivity contribution is 7.17. The largest absolute Gasteiger partial charge is 0.494 e. The number of aromatic nitrogens is 1. The van der Waals surface area contributed by atoms with Gasteiger partial charge in [0.15, 0.2) is 0 Å². The number of anilines is 1. The van der Waals surface area contributed by atoms with Gasteiger partial charge in [-0.05, 0) is 66.6 Å². The Morgan fingerprint density at radius 3 is 2.57 bits per heavy atom. The van der Waals surface area contributed by atoms with Gasteiger partial charge in [0.1, 0.15) is 5.75 Å². The molecule has 2 aromatic heterocycles. The van der Waals surface area contributed by atoms with Gasteiger partial charge >= 0.3 is 6.09 Å². The number of piperazine rings is 1. The Labute approximate surface area is 220 Å². The van der Waals surface area contributed by atoms with Gasteiger partial charge in [0.05, 0.1) is 12.1 Å². The molecule has 9 heteroatoms. The molecule has 0 bridgehead atoms.